The third kappa shape index (κ3) is 1.96. The number of nitrogens with two attached hydrogens (primary N) is 1. The number of likely N-dealkylation sites (N-methyl/N-ethyl adjacent to an activating group) is 1. The van der Waals surface area contributed by atoms with Crippen LogP contribution in [-0.4, -0.2) is 18.5 Å². The number of nitrogen functional groups attached to an aromatic ring is 1. The van der Waals surface area contributed by atoms with Crippen molar-refractivity contribution in [2.75, 3.05) is 19.3 Å². The first-order valence-electron chi connectivity index (χ1n) is 5.88. The predicted molar refractivity (Wildman–Crippen MR) is 74.2 cm³/mol. The lowest BCUT2D eigenvalue weighted by atomic mass is 9.93. The van der Waals surface area contributed by atoms with Crippen molar-refractivity contribution in [1.29, 1.82) is 0 Å². The molecule has 17 heavy (non-hydrogen) atoms. The summed E-state index contributed by atoms with van der Waals surface area (Å²) in [4.78, 5) is 3.68. The van der Waals surface area contributed by atoms with Gasteiger partial charge in [0.05, 0.1) is 0 Å². The molecule has 2 nitrogen and oxygen atoms in total. The van der Waals surface area contributed by atoms with Crippen LogP contribution in [0.4, 0.5) is 5.69 Å². The highest BCUT2D eigenvalue weighted by Crippen LogP contribution is 2.34. The Labute approximate surface area is 106 Å². The van der Waals surface area contributed by atoms with Crippen LogP contribution < -0.4 is 5.73 Å². The van der Waals surface area contributed by atoms with Gasteiger partial charge in [0.2, 0.25) is 0 Å². The molecule has 1 aromatic carbocycles. The van der Waals surface area contributed by atoms with Crippen LogP contribution in [0.5, 0.6) is 0 Å². The van der Waals surface area contributed by atoms with Crippen molar-refractivity contribution >= 4 is 17.0 Å². The first-order valence-corrected chi connectivity index (χ1v) is 6.75. The summed E-state index contributed by atoms with van der Waals surface area (Å²) in [5.41, 5.74) is 11.1. The van der Waals surface area contributed by atoms with E-state index in [2.05, 4.69) is 41.6 Å². The summed E-state index contributed by atoms with van der Waals surface area (Å²) in [6.45, 7) is 2.15. The lowest BCUT2D eigenvalue weighted by Gasteiger charge is -2.27. The summed E-state index contributed by atoms with van der Waals surface area (Å²) in [6.07, 6.45) is 1.12. The second-order valence-electron chi connectivity index (χ2n) is 4.67. The van der Waals surface area contributed by atoms with Crippen LogP contribution in [-0.2, 0) is 13.0 Å². The fourth-order valence-corrected chi connectivity index (χ4v) is 3.29. The summed E-state index contributed by atoms with van der Waals surface area (Å²) >= 11 is 1.79. The van der Waals surface area contributed by atoms with Crippen molar-refractivity contribution in [3.05, 3.63) is 40.8 Å². The first-order chi connectivity index (χ1) is 8.24. The molecule has 0 aliphatic carbocycles. The molecular formula is C14H16N2S. The van der Waals surface area contributed by atoms with Crippen molar-refractivity contribution in [3.8, 4) is 10.4 Å². The number of hydrogen-bond donors (Lipinski definition) is 1. The van der Waals surface area contributed by atoms with Gasteiger partial charge in [-0.05, 0) is 53.7 Å². The second kappa shape index (κ2) is 4.17. The molecule has 1 aliphatic heterocycles. The summed E-state index contributed by atoms with van der Waals surface area (Å²) < 4.78 is 0. The van der Waals surface area contributed by atoms with Gasteiger partial charge in [-0.2, -0.15) is 0 Å². The number of hydrogen-bond acceptors (Lipinski definition) is 3. The van der Waals surface area contributed by atoms with Crippen LogP contribution in [0, 0.1) is 0 Å². The van der Waals surface area contributed by atoms with Crippen molar-refractivity contribution < 1.29 is 0 Å². The van der Waals surface area contributed by atoms with Crippen molar-refractivity contribution in [1.82, 2.24) is 4.90 Å². The smallest absolute Gasteiger partial charge is 0.0346 e. The van der Waals surface area contributed by atoms with E-state index in [1.54, 1.807) is 11.3 Å². The Balaban J connectivity index is 2.16. The molecule has 1 aromatic heterocycles. The number of nitrogens with zero attached hydrogens (tertiary/aromatic N) is 1. The Hall–Kier alpha value is -1.32. The molecule has 0 bridgehead atoms. The molecule has 1 aliphatic rings. The molecule has 0 fully saturated rings. The van der Waals surface area contributed by atoms with Gasteiger partial charge in [-0.1, -0.05) is 6.07 Å². The number of rotatable bonds is 1. The molecule has 3 heteroatoms. The van der Waals surface area contributed by atoms with Gasteiger partial charge in [0.15, 0.2) is 0 Å². The van der Waals surface area contributed by atoms with Crippen LogP contribution in [0.25, 0.3) is 10.4 Å². The highest BCUT2D eigenvalue weighted by atomic mass is 32.1. The molecule has 0 saturated carbocycles. The summed E-state index contributed by atoms with van der Waals surface area (Å²) in [5, 5.41) is 2.12. The fraction of sp³-hybridized carbons (Fsp3) is 0.286. The van der Waals surface area contributed by atoms with Crippen LogP contribution in [0.3, 0.4) is 0 Å². The van der Waals surface area contributed by atoms with Gasteiger partial charge in [-0.3, -0.25) is 0 Å². The van der Waals surface area contributed by atoms with Gasteiger partial charge in [-0.15, -0.1) is 11.3 Å². The normalized spacial score (nSPS) is 15.8. The van der Waals surface area contributed by atoms with Gasteiger partial charge >= 0.3 is 0 Å². The average Bonchev–Trinajstić information content (AvgIpc) is 2.80. The fourth-order valence-electron chi connectivity index (χ4n) is 2.52. The minimum absolute atomic E-state index is 0.877. The van der Waals surface area contributed by atoms with E-state index >= 15 is 0 Å². The van der Waals surface area contributed by atoms with Crippen LogP contribution in [0.15, 0.2) is 29.6 Å². The molecule has 2 heterocycles. The summed E-state index contributed by atoms with van der Waals surface area (Å²) in [6, 6.07) is 8.53. The molecule has 2 aromatic rings. The molecule has 0 atom stereocenters. The highest BCUT2D eigenvalue weighted by molar-refractivity contribution is 7.13. The molecule has 0 spiro atoms. The third-order valence-electron chi connectivity index (χ3n) is 3.34. The van der Waals surface area contributed by atoms with E-state index in [0.29, 0.717) is 0 Å². The van der Waals surface area contributed by atoms with E-state index in [0.717, 1.165) is 25.2 Å². The Kier molecular flexibility index (Phi) is 2.65. The molecule has 88 valence electrons. The Morgan fingerprint density at radius 3 is 3.00 bits per heavy atom. The maximum Gasteiger partial charge on any atom is 0.0346 e. The molecule has 0 unspecified atom stereocenters. The average molecular weight is 244 g/mol. The van der Waals surface area contributed by atoms with E-state index in [4.69, 9.17) is 5.73 Å². The molecule has 3 rings (SSSR count). The maximum absolute atomic E-state index is 6.02. The lowest BCUT2D eigenvalue weighted by molar-refractivity contribution is 0.313. The maximum atomic E-state index is 6.02. The van der Waals surface area contributed by atoms with Crippen molar-refractivity contribution in [2.24, 2.45) is 0 Å². The largest absolute Gasteiger partial charge is 0.399 e. The second-order valence-corrected chi connectivity index (χ2v) is 5.62. The van der Waals surface area contributed by atoms with E-state index < -0.39 is 0 Å². The van der Waals surface area contributed by atoms with E-state index in [9.17, 15) is 0 Å². The van der Waals surface area contributed by atoms with Crippen molar-refractivity contribution in [2.45, 2.75) is 13.0 Å². The first kappa shape index (κ1) is 10.8. The molecular weight excluding hydrogens is 228 g/mol. The minimum Gasteiger partial charge on any atom is -0.399 e. The monoisotopic (exact) mass is 244 g/mol. The Bertz CT molecular complexity index is 531. The molecule has 0 amide bonds. The number of anilines is 1. The minimum atomic E-state index is 0.877. The van der Waals surface area contributed by atoms with Crippen LogP contribution in [0.2, 0.25) is 0 Å². The summed E-state index contributed by atoms with van der Waals surface area (Å²) in [7, 11) is 2.16. The van der Waals surface area contributed by atoms with Gasteiger partial charge in [-0.25, -0.2) is 0 Å². The van der Waals surface area contributed by atoms with E-state index in [1.807, 2.05) is 0 Å². The lowest BCUT2D eigenvalue weighted by Crippen LogP contribution is -2.27. The highest BCUT2D eigenvalue weighted by Gasteiger charge is 2.18. The van der Waals surface area contributed by atoms with Gasteiger partial charge in [0, 0.05) is 23.7 Å². The number of fused-ring (bicyclic) bond motifs is 1. The van der Waals surface area contributed by atoms with Crippen LogP contribution in [0.1, 0.15) is 11.1 Å². The quantitative estimate of drug-likeness (QED) is 0.781. The van der Waals surface area contributed by atoms with Gasteiger partial charge < -0.3 is 10.6 Å². The van der Waals surface area contributed by atoms with Crippen molar-refractivity contribution in [3.63, 3.8) is 0 Å². The topological polar surface area (TPSA) is 29.3 Å². The zero-order chi connectivity index (χ0) is 11.8. The van der Waals surface area contributed by atoms with Crippen LogP contribution >= 0.6 is 11.3 Å². The Morgan fingerprint density at radius 1 is 1.35 bits per heavy atom. The predicted octanol–water partition coefficient (Wildman–Crippen LogP) is 2.99. The van der Waals surface area contributed by atoms with Gasteiger partial charge in [0.1, 0.15) is 0 Å². The number of benzene rings is 1. The van der Waals surface area contributed by atoms with E-state index in [1.165, 1.54) is 21.6 Å². The van der Waals surface area contributed by atoms with E-state index in [-0.39, 0.29) is 0 Å². The molecule has 0 radical (unpaired) electrons. The standard InChI is InChI=1S/C14H16N2S/c1-16-5-4-12-10(9-16)7-11(15)8-13(12)14-3-2-6-17-14/h2-3,6-8H,4-5,9,15H2,1H3. The SMILES string of the molecule is CN1CCc2c(cc(N)cc2-c2cccs2)C1. The zero-order valence-corrected chi connectivity index (χ0v) is 10.8. The zero-order valence-electron chi connectivity index (χ0n) is 9.94. The summed E-state index contributed by atoms with van der Waals surface area (Å²) in [5.74, 6) is 0. The third-order valence-corrected chi connectivity index (χ3v) is 4.24. The van der Waals surface area contributed by atoms with Gasteiger partial charge in [0.25, 0.3) is 0 Å². The number of thiophene rings is 1. The Morgan fingerprint density at radius 2 is 2.24 bits per heavy atom. The molecule has 2 N–H and O–H groups in total. The molecule has 0 saturated heterocycles.